The molecule has 4 atom stereocenters. The molecule has 3 nitrogen and oxygen atoms in total. The molecule has 0 amide bonds. The molecule has 0 aromatic carbocycles. The minimum atomic E-state index is -1.27. The standard InChI is InChI=1S/C11H12Cl4O3/c1-16-11(17-2)9(14)5-3-18-4-6(5)10(11,15)8(13)7(9)12/h5-6H,3-4H2,1-2H3/t5-,6+,9-,10+. The van der Waals surface area contributed by atoms with Crippen LogP contribution < -0.4 is 0 Å². The molecule has 0 spiro atoms. The van der Waals surface area contributed by atoms with Crippen LogP contribution in [0.2, 0.25) is 0 Å². The summed E-state index contributed by atoms with van der Waals surface area (Å²) in [4.78, 5) is -2.20. The maximum Gasteiger partial charge on any atom is 0.217 e. The zero-order valence-electron chi connectivity index (χ0n) is 9.81. The van der Waals surface area contributed by atoms with Gasteiger partial charge in [0, 0.05) is 26.1 Å². The Kier molecular flexibility index (Phi) is 2.99. The van der Waals surface area contributed by atoms with Crippen LogP contribution in [0.1, 0.15) is 0 Å². The second-order valence-electron chi connectivity index (χ2n) is 4.83. The first-order valence-electron chi connectivity index (χ1n) is 5.54. The van der Waals surface area contributed by atoms with E-state index in [0.29, 0.717) is 23.3 Å². The van der Waals surface area contributed by atoms with Crippen molar-refractivity contribution in [3.05, 3.63) is 10.1 Å². The maximum absolute atomic E-state index is 6.77. The highest BCUT2D eigenvalue weighted by Gasteiger charge is 2.85. The molecule has 0 aromatic rings. The van der Waals surface area contributed by atoms with Crippen molar-refractivity contribution in [3.63, 3.8) is 0 Å². The summed E-state index contributed by atoms with van der Waals surface area (Å²) in [7, 11) is 3.00. The Bertz CT molecular complexity index is 402. The predicted octanol–water partition coefficient (Wildman–Crippen LogP) is 2.91. The van der Waals surface area contributed by atoms with Crippen molar-refractivity contribution in [2.75, 3.05) is 27.4 Å². The van der Waals surface area contributed by atoms with E-state index in [0.717, 1.165) is 0 Å². The van der Waals surface area contributed by atoms with Crippen LogP contribution in [0.4, 0.5) is 0 Å². The molecular weight excluding hydrogens is 322 g/mol. The van der Waals surface area contributed by atoms with Crippen LogP contribution in [0.5, 0.6) is 0 Å². The van der Waals surface area contributed by atoms with Crippen molar-refractivity contribution in [2.24, 2.45) is 11.8 Å². The van der Waals surface area contributed by atoms with Crippen LogP contribution in [-0.4, -0.2) is 43.0 Å². The molecule has 1 heterocycles. The summed E-state index contributed by atoms with van der Waals surface area (Å²) in [5.41, 5.74) is 0. The van der Waals surface area contributed by atoms with Crippen LogP contribution in [0.3, 0.4) is 0 Å². The molecular formula is C11H12Cl4O3. The molecule has 2 aliphatic carbocycles. The third-order valence-electron chi connectivity index (χ3n) is 4.47. The van der Waals surface area contributed by atoms with Crippen molar-refractivity contribution < 1.29 is 14.2 Å². The summed E-state index contributed by atoms with van der Waals surface area (Å²) in [6.45, 7) is 0.939. The van der Waals surface area contributed by atoms with Crippen LogP contribution in [0, 0.1) is 11.8 Å². The van der Waals surface area contributed by atoms with Gasteiger partial charge in [0.15, 0.2) is 0 Å². The molecule has 2 fully saturated rings. The predicted molar refractivity (Wildman–Crippen MR) is 70.4 cm³/mol. The Labute approximate surface area is 125 Å². The lowest BCUT2D eigenvalue weighted by Crippen LogP contribution is -2.58. The van der Waals surface area contributed by atoms with Crippen molar-refractivity contribution in [2.45, 2.75) is 15.5 Å². The zero-order valence-corrected chi connectivity index (χ0v) is 12.8. The molecule has 1 aliphatic heterocycles. The molecule has 2 bridgehead atoms. The fraction of sp³-hybridized carbons (Fsp3) is 0.818. The van der Waals surface area contributed by atoms with Crippen LogP contribution >= 0.6 is 46.4 Å². The Balaban J connectivity index is 2.29. The van der Waals surface area contributed by atoms with Gasteiger partial charge in [-0.2, -0.15) is 0 Å². The first-order chi connectivity index (χ1) is 8.41. The molecule has 0 unspecified atom stereocenters. The van der Waals surface area contributed by atoms with Crippen molar-refractivity contribution >= 4 is 46.4 Å². The Morgan fingerprint density at radius 2 is 1.39 bits per heavy atom. The van der Waals surface area contributed by atoms with Gasteiger partial charge in [0.25, 0.3) is 0 Å². The molecule has 0 N–H and O–H groups in total. The molecule has 0 radical (unpaired) electrons. The van der Waals surface area contributed by atoms with E-state index in [-0.39, 0.29) is 11.8 Å². The Morgan fingerprint density at radius 3 is 1.72 bits per heavy atom. The topological polar surface area (TPSA) is 27.7 Å². The minimum absolute atomic E-state index is 0.0773. The van der Waals surface area contributed by atoms with E-state index < -0.39 is 15.5 Å². The number of alkyl halides is 2. The first kappa shape index (κ1) is 13.7. The smallest absolute Gasteiger partial charge is 0.217 e. The summed E-state index contributed by atoms with van der Waals surface area (Å²) >= 11 is 26.2. The van der Waals surface area contributed by atoms with Crippen LogP contribution in [0.15, 0.2) is 10.1 Å². The van der Waals surface area contributed by atoms with E-state index in [2.05, 4.69) is 0 Å². The molecule has 1 saturated carbocycles. The van der Waals surface area contributed by atoms with Crippen LogP contribution in [-0.2, 0) is 14.2 Å². The number of fused-ring (bicyclic) bond motifs is 5. The Morgan fingerprint density at radius 1 is 1.00 bits per heavy atom. The van der Waals surface area contributed by atoms with E-state index in [9.17, 15) is 0 Å². The largest absolute Gasteiger partial charge is 0.381 e. The molecule has 7 heteroatoms. The Hall–Kier alpha value is 0.780. The highest BCUT2D eigenvalue weighted by molar-refractivity contribution is 6.52. The molecule has 1 saturated heterocycles. The SMILES string of the molecule is COC1(OC)[C@@]2(Cl)C(Cl)=C(Cl)[C@]1(Cl)[C@@H]1COC[C@@H]12. The zero-order chi connectivity index (χ0) is 13.3. The molecule has 3 rings (SSSR count). The summed E-state index contributed by atoms with van der Waals surface area (Å²) < 4.78 is 16.6. The summed E-state index contributed by atoms with van der Waals surface area (Å²) in [6.07, 6.45) is 0. The van der Waals surface area contributed by atoms with Gasteiger partial charge in [0.1, 0.15) is 9.75 Å². The first-order valence-corrected chi connectivity index (χ1v) is 7.05. The number of halogens is 4. The van der Waals surface area contributed by atoms with Gasteiger partial charge in [0.05, 0.1) is 23.3 Å². The lowest BCUT2D eigenvalue weighted by molar-refractivity contribution is -0.223. The number of hydrogen-bond acceptors (Lipinski definition) is 3. The number of methoxy groups -OCH3 is 2. The van der Waals surface area contributed by atoms with Gasteiger partial charge in [-0.3, -0.25) is 0 Å². The summed E-state index contributed by atoms with van der Waals surface area (Å²) in [6, 6.07) is 0. The van der Waals surface area contributed by atoms with Gasteiger partial charge in [-0.25, -0.2) is 0 Å². The number of rotatable bonds is 2. The average molecular weight is 334 g/mol. The average Bonchev–Trinajstić information content (AvgIpc) is 2.94. The van der Waals surface area contributed by atoms with Gasteiger partial charge in [-0.15, -0.1) is 23.2 Å². The molecule has 102 valence electrons. The third kappa shape index (κ3) is 1.06. The van der Waals surface area contributed by atoms with Gasteiger partial charge >= 0.3 is 0 Å². The lowest BCUT2D eigenvalue weighted by Gasteiger charge is -2.41. The molecule has 18 heavy (non-hydrogen) atoms. The van der Waals surface area contributed by atoms with Gasteiger partial charge in [-0.05, 0) is 0 Å². The number of hydrogen-bond donors (Lipinski definition) is 0. The normalized spacial score (nSPS) is 49.0. The van der Waals surface area contributed by atoms with E-state index in [4.69, 9.17) is 60.6 Å². The quantitative estimate of drug-likeness (QED) is 0.574. The second kappa shape index (κ2) is 3.91. The van der Waals surface area contributed by atoms with Gasteiger partial charge in [0.2, 0.25) is 5.79 Å². The second-order valence-corrected chi connectivity index (χ2v) is 6.78. The van der Waals surface area contributed by atoms with E-state index in [1.165, 1.54) is 14.2 Å². The minimum Gasteiger partial charge on any atom is -0.381 e. The highest BCUT2D eigenvalue weighted by atomic mass is 35.5. The summed E-state index contributed by atoms with van der Waals surface area (Å²) in [5.74, 6) is -1.42. The van der Waals surface area contributed by atoms with Crippen LogP contribution in [0.25, 0.3) is 0 Å². The lowest BCUT2D eigenvalue weighted by atomic mass is 9.85. The fourth-order valence-corrected chi connectivity index (χ4v) is 5.90. The maximum atomic E-state index is 6.77. The van der Waals surface area contributed by atoms with E-state index >= 15 is 0 Å². The van der Waals surface area contributed by atoms with Crippen molar-refractivity contribution in [1.29, 1.82) is 0 Å². The van der Waals surface area contributed by atoms with Gasteiger partial charge < -0.3 is 14.2 Å². The van der Waals surface area contributed by atoms with Crippen molar-refractivity contribution in [3.8, 4) is 0 Å². The fourth-order valence-electron chi connectivity index (χ4n) is 3.70. The summed E-state index contributed by atoms with van der Waals surface area (Å²) in [5, 5.41) is 0.604. The highest BCUT2D eigenvalue weighted by Crippen LogP contribution is 2.74. The van der Waals surface area contributed by atoms with E-state index in [1.54, 1.807) is 0 Å². The van der Waals surface area contributed by atoms with E-state index in [1.807, 2.05) is 0 Å². The third-order valence-corrected chi connectivity index (χ3v) is 7.17. The number of ether oxygens (including phenoxy) is 3. The van der Waals surface area contributed by atoms with Gasteiger partial charge in [-0.1, -0.05) is 23.2 Å². The van der Waals surface area contributed by atoms with Crippen molar-refractivity contribution in [1.82, 2.24) is 0 Å². The molecule has 0 aromatic heterocycles. The molecule has 3 aliphatic rings. The monoisotopic (exact) mass is 332 g/mol.